The van der Waals surface area contributed by atoms with Crippen LogP contribution in [0.25, 0.3) is 0 Å². The Morgan fingerprint density at radius 1 is 1.28 bits per heavy atom. The van der Waals surface area contributed by atoms with Crippen LogP contribution in [0.5, 0.6) is 0 Å². The largest absolute Gasteiger partial charge is 0.387 e. The first-order chi connectivity index (χ1) is 11.5. The van der Waals surface area contributed by atoms with Gasteiger partial charge in [0.1, 0.15) is 0 Å². The lowest BCUT2D eigenvalue weighted by Gasteiger charge is -2.15. The van der Waals surface area contributed by atoms with Crippen LogP contribution in [0.15, 0.2) is 29.3 Å². The van der Waals surface area contributed by atoms with Gasteiger partial charge in [-0.15, -0.1) is 35.3 Å². The molecule has 8 heteroatoms. The van der Waals surface area contributed by atoms with E-state index in [2.05, 4.69) is 20.6 Å². The molecule has 138 valence electrons. The number of aromatic nitrogens is 1. The lowest BCUT2D eigenvalue weighted by molar-refractivity contribution is 0.181. The van der Waals surface area contributed by atoms with E-state index in [0.29, 0.717) is 24.1 Å². The van der Waals surface area contributed by atoms with E-state index in [1.807, 2.05) is 32.9 Å². The molecule has 2 aromatic rings. The Kier molecular flexibility index (Phi) is 9.70. The number of nitrogens with zero attached hydrogens (tertiary/aromatic N) is 2. The number of aliphatic hydroxyl groups excluding tert-OH is 1. The highest BCUT2D eigenvalue weighted by atomic mass is 127. The first kappa shape index (κ1) is 22.1. The average molecular weight is 495 g/mol. The summed E-state index contributed by atoms with van der Waals surface area (Å²) in [5, 5.41) is 18.3. The van der Waals surface area contributed by atoms with Gasteiger partial charge in [-0.3, -0.25) is 0 Å². The monoisotopic (exact) mass is 494 g/mol. The van der Waals surface area contributed by atoms with Gasteiger partial charge in [0.2, 0.25) is 0 Å². The minimum atomic E-state index is -0.626. The maximum absolute atomic E-state index is 10.3. The highest BCUT2D eigenvalue weighted by molar-refractivity contribution is 14.0. The molecular weight excluding hydrogens is 471 g/mol. The Morgan fingerprint density at radius 2 is 1.96 bits per heavy atom. The van der Waals surface area contributed by atoms with E-state index >= 15 is 0 Å². The van der Waals surface area contributed by atoms with Crippen molar-refractivity contribution in [2.45, 2.75) is 33.4 Å². The van der Waals surface area contributed by atoms with Crippen LogP contribution in [0.4, 0.5) is 0 Å². The van der Waals surface area contributed by atoms with Gasteiger partial charge in [-0.25, -0.2) is 9.98 Å². The lowest BCUT2D eigenvalue weighted by Crippen LogP contribution is -2.39. The first-order valence-corrected chi connectivity index (χ1v) is 9.07. The molecule has 3 N–H and O–H groups in total. The molecule has 0 aliphatic rings. The maximum atomic E-state index is 10.3. The fraction of sp³-hybridized carbons (Fsp3) is 0.412. The zero-order valence-electron chi connectivity index (χ0n) is 14.5. The molecule has 0 radical (unpaired) electrons. The Hall–Kier alpha value is -0.900. The molecule has 2 rings (SSSR count). The molecular formula is C17H24ClIN4OS. The van der Waals surface area contributed by atoms with Crippen molar-refractivity contribution >= 4 is 52.9 Å². The van der Waals surface area contributed by atoms with E-state index in [1.165, 1.54) is 0 Å². The summed E-state index contributed by atoms with van der Waals surface area (Å²) in [7, 11) is 0. The van der Waals surface area contributed by atoms with Crippen LogP contribution in [0.3, 0.4) is 0 Å². The number of rotatable bonds is 6. The summed E-state index contributed by atoms with van der Waals surface area (Å²) in [6.07, 6.45) is -0.626. The van der Waals surface area contributed by atoms with Crippen LogP contribution in [-0.4, -0.2) is 29.1 Å². The number of hydrogen-bond acceptors (Lipinski definition) is 4. The minimum Gasteiger partial charge on any atom is -0.387 e. The predicted molar refractivity (Wildman–Crippen MR) is 116 cm³/mol. The molecule has 1 unspecified atom stereocenters. The molecule has 1 heterocycles. The standard InChI is InChI=1S/C17H23ClN4OS.HI/c1-4-19-17(21-10-16-11(2)22-12(3)24-16)20-9-15(23)13-5-7-14(18)8-6-13;/h5-8,15,23H,4,9-10H2,1-3H3,(H2,19,20,21);1H. The second kappa shape index (κ2) is 10.9. The number of guanidine groups is 1. The normalized spacial score (nSPS) is 12.4. The third kappa shape index (κ3) is 7.08. The van der Waals surface area contributed by atoms with E-state index in [4.69, 9.17) is 11.6 Å². The second-order valence-corrected chi connectivity index (χ2v) is 7.11. The number of aliphatic hydroxyl groups is 1. The number of halogens is 2. The number of aryl methyl sites for hydroxylation is 2. The highest BCUT2D eigenvalue weighted by Gasteiger charge is 2.09. The summed E-state index contributed by atoms with van der Waals surface area (Å²) < 4.78 is 0. The van der Waals surface area contributed by atoms with E-state index < -0.39 is 6.10 Å². The summed E-state index contributed by atoms with van der Waals surface area (Å²) >= 11 is 7.53. The summed E-state index contributed by atoms with van der Waals surface area (Å²) in [4.78, 5) is 10.1. The quantitative estimate of drug-likeness (QED) is 0.324. The van der Waals surface area contributed by atoms with Crippen LogP contribution in [-0.2, 0) is 6.54 Å². The number of aliphatic imine (C=N–C) groups is 1. The van der Waals surface area contributed by atoms with Crippen molar-refractivity contribution < 1.29 is 5.11 Å². The summed E-state index contributed by atoms with van der Waals surface area (Å²) in [5.74, 6) is 0.677. The second-order valence-electron chi connectivity index (χ2n) is 5.38. The Bertz CT molecular complexity index is 690. The molecule has 1 aromatic carbocycles. The smallest absolute Gasteiger partial charge is 0.191 e. The lowest BCUT2D eigenvalue weighted by atomic mass is 10.1. The number of thiazole rings is 1. The molecule has 0 saturated heterocycles. The number of hydrogen-bond donors (Lipinski definition) is 3. The predicted octanol–water partition coefficient (Wildman–Crippen LogP) is 3.82. The van der Waals surface area contributed by atoms with E-state index in [1.54, 1.807) is 23.5 Å². The van der Waals surface area contributed by atoms with Crippen LogP contribution in [0.1, 0.15) is 34.2 Å². The van der Waals surface area contributed by atoms with Gasteiger partial charge in [-0.2, -0.15) is 0 Å². The molecule has 0 fully saturated rings. The van der Waals surface area contributed by atoms with Gasteiger partial charge in [-0.1, -0.05) is 23.7 Å². The van der Waals surface area contributed by atoms with E-state index in [9.17, 15) is 5.11 Å². The van der Waals surface area contributed by atoms with Gasteiger partial charge in [0.15, 0.2) is 5.96 Å². The van der Waals surface area contributed by atoms with Crippen molar-refractivity contribution in [1.82, 2.24) is 15.6 Å². The summed E-state index contributed by atoms with van der Waals surface area (Å²) in [5.41, 5.74) is 1.84. The Balaban J connectivity index is 0.00000312. The Labute approximate surface area is 175 Å². The zero-order chi connectivity index (χ0) is 17.5. The molecule has 1 aromatic heterocycles. The van der Waals surface area contributed by atoms with Gasteiger partial charge < -0.3 is 15.7 Å². The molecule has 0 aliphatic carbocycles. The molecule has 0 amide bonds. The molecule has 1 atom stereocenters. The van der Waals surface area contributed by atoms with Gasteiger partial charge >= 0.3 is 0 Å². The van der Waals surface area contributed by atoms with Gasteiger partial charge in [-0.05, 0) is 38.5 Å². The fourth-order valence-corrected chi connectivity index (χ4v) is 3.20. The van der Waals surface area contributed by atoms with Gasteiger partial charge in [0.25, 0.3) is 0 Å². The van der Waals surface area contributed by atoms with Crippen molar-refractivity contribution in [3.05, 3.63) is 50.4 Å². The molecule has 5 nitrogen and oxygen atoms in total. The molecule has 25 heavy (non-hydrogen) atoms. The fourth-order valence-electron chi connectivity index (χ4n) is 2.21. The average Bonchev–Trinajstić information content (AvgIpc) is 2.88. The third-order valence-electron chi connectivity index (χ3n) is 3.44. The first-order valence-electron chi connectivity index (χ1n) is 7.88. The van der Waals surface area contributed by atoms with Crippen molar-refractivity contribution in [2.24, 2.45) is 4.99 Å². The van der Waals surface area contributed by atoms with Crippen LogP contribution in [0, 0.1) is 13.8 Å². The van der Waals surface area contributed by atoms with Gasteiger partial charge in [0.05, 0.1) is 23.4 Å². The minimum absolute atomic E-state index is 0. The van der Waals surface area contributed by atoms with Crippen LogP contribution >= 0.6 is 46.9 Å². The van der Waals surface area contributed by atoms with Crippen molar-refractivity contribution in [3.63, 3.8) is 0 Å². The molecule has 0 aliphatic heterocycles. The summed E-state index contributed by atoms with van der Waals surface area (Å²) in [6, 6.07) is 7.19. The number of benzene rings is 1. The Morgan fingerprint density at radius 3 is 2.52 bits per heavy atom. The van der Waals surface area contributed by atoms with E-state index in [-0.39, 0.29) is 24.0 Å². The van der Waals surface area contributed by atoms with Crippen LogP contribution < -0.4 is 10.6 Å². The van der Waals surface area contributed by atoms with Crippen LogP contribution in [0.2, 0.25) is 5.02 Å². The summed E-state index contributed by atoms with van der Waals surface area (Å²) in [6.45, 7) is 7.70. The topological polar surface area (TPSA) is 69.5 Å². The maximum Gasteiger partial charge on any atom is 0.191 e. The van der Waals surface area contributed by atoms with Crippen molar-refractivity contribution in [2.75, 3.05) is 13.1 Å². The van der Waals surface area contributed by atoms with Crippen molar-refractivity contribution in [3.8, 4) is 0 Å². The number of nitrogens with one attached hydrogen (secondary N) is 2. The molecule has 0 saturated carbocycles. The van der Waals surface area contributed by atoms with Gasteiger partial charge in [0, 0.05) is 23.0 Å². The third-order valence-corrected chi connectivity index (χ3v) is 4.75. The SMILES string of the molecule is CCNC(=NCc1sc(C)nc1C)NCC(O)c1ccc(Cl)cc1.I. The van der Waals surface area contributed by atoms with Crippen molar-refractivity contribution in [1.29, 1.82) is 0 Å². The molecule has 0 bridgehead atoms. The van der Waals surface area contributed by atoms with E-state index in [0.717, 1.165) is 27.7 Å². The highest BCUT2D eigenvalue weighted by Crippen LogP contribution is 2.18. The zero-order valence-corrected chi connectivity index (χ0v) is 18.4. The molecule has 0 spiro atoms.